The minimum Gasteiger partial charge on any atom is -0.318 e. The second-order valence-corrected chi connectivity index (χ2v) is 4.82. The highest BCUT2D eigenvalue weighted by Gasteiger charge is 2.21. The maximum Gasteiger partial charge on any atom is 0.0852 e. The summed E-state index contributed by atoms with van der Waals surface area (Å²) in [5, 5.41) is 8.26. The predicted octanol–water partition coefficient (Wildman–Crippen LogP) is 1.44. The van der Waals surface area contributed by atoms with Gasteiger partial charge in [-0.2, -0.15) is 5.10 Å². The zero-order chi connectivity index (χ0) is 11.7. The Morgan fingerprint density at radius 1 is 1.44 bits per heavy atom. The van der Waals surface area contributed by atoms with Gasteiger partial charge in [-0.3, -0.25) is 4.68 Å². The van der Waals surface area contributed by atoms with E-state index in [1.165, 1.54) is 11.5 Å². The van der Waals surface area contributed by atoms with Gasteiger partial charge in [0.15, 0.2) is 0 Å². The van der Waals surface area contributed by atoms with Crippen LogP contribution in [0.25, 0.3) is 0 Å². The van der Waals surface area contributed by atoms with E-state index in [4.69, 9.17) is 5.73 Å². The van der Waals surface area contributed by atoms with Gasteiger partial charge in [0.25, 0.3) is 0 Å². The molecule has 0 radical (unpaired) electrons. The second kappa shape index (κ2) is 4.31. The van der Waals surface area contributed by atoms with Gasteiger partial charge in [0, 0.05) is 13.2 Å². The molecule has 0 aliphatic rings. The summed E-state index contributed by atoms with van der Waals surface area (Å²) >= 11 is 1.37. The van der Waals surface area contributed by atoms with Gasteiger partial charge in [-0.25, -0.2) is 0 Å². The molecular weight excluding hydrogens is 222 g/mol. The summed E-state index contributed by atoms with van der Waals surface area (Å²) in [5.41, 5.74) is 8.18. The SMILES string of the molecule is CC(C)c1nnsc1C(N)c1ccnn1C. The molecule has 1 atom stereocenters. The number of aromatic nitrogens is 4. The summed E-state index contributed by atoms with van der Waals surface area (Å²) in [7, 11) is 1.89. The second-order valence-electron chi connectivity index (χ2n) is 4.03. The van der Waals surface area contributed by atoms with Crippen LogP contribution in [0.5, 0.6) is 0 Å². The smallest absolute Gasteiger partial charge is 0.0852 e. The Hall–Kier alpha value is -1.27. The molecule has 2 aromatic heterocycles. The Bertz CT molecular complexity index is 473. The van der Waals surface area contributed by atoms with Crippen LogP contribution in [0, 0.1) is 0 Å². The molecule has 0 saturated heterocycles. The number of rotatable bonds is 3. The maximum absolute atomic E-state index is 6.21. The Morgan fingerprint density at radius 3 is 2.75 bits per heavy atom. The number of hydrogen-bond acceptors (Lipinski definition) is 5. The highest BCUT2D eigenvalue weighted by molar-refractivity contribution is 7.05. The van der Waals surface area contributed by atoms with E-state index in [9.17, 15) is 0 Å². The first-order valence-electron chi connectivity index (χ1n) is 5.17. The van der Waals surface area contributed by atoms with Gasteiger partial charge in [0.1, 0.15) is 0 Å². The molecule has 0 spiro atoms. The van der Waals surface area contributed by atoms with Crippen molar-refractivity contribution in [3.05, 3.63) is 28.5 Å². The molecule has 6 heteroatoms. The van der Waals surface area contributed by atoms with Crippen LogP contribution in [0.15, 0.2) is 12.3 Å². The topological polar surface area (TPSA) is 69.6 Å². The number of nitrogens with two attached hydrogens (primary N) is 1. The van der Waals surface area contributed by atoms with Gasteiger partial charge in [-0.1, -0.05) is 18.3 Å². The molecule has 2 heterocycles. The van der Waals surface area contributed by atoms with Gasteiger partial charge in [-0.05, 0) is 23.5 Å². The summed E-state index contributed by atoms with van der Waals surface area (Å²) in [6.45, 7) is 4.19. The zero-order valence-corrected chi connectivity index (χ0v) is 10.4. The van der Waals surface area contributed by atoms with Crippen LogP contribution in [0.3, 0.4) is 0 Å². The van der Waals surface area contributed by atoms with Crippen LogP contribution >= 0.6 is 11.5 Å². The Labute approximate surface area is 98.4 Å². The standard InChI is InChI=1S/C10H15N5S/c1-6(2)9-10(16-14-13-9)8(11)7-4-5-12-15(7)3/h4-6,8H,11H2,1-3H3. The zero-order valence-electron chi connectivity index (χ0n) is 9.58. The van der Waals surface area contributed by atoms with Crippen molar-refractivity contribution in [2.75, 3.05) is 0 Å². The molecule has 5 nitrogen and oxygen atoms in total. The Balaban J connectivity index is 2.38. The van der Waals surface area contributed by atoms with Crippen LogP contribution in [0.4, 0.5) is 0 Å². The van der Waals surface area contributed by atoms with Crippen molar-refractivity contribution in [1.82, 2.24) is 19.4 Å². The molecule has 16 heavy (non-hydrogen) atoms. The summed E-state index contributed by atoms with van der Waals surface area (Å²) in [4.78, 5) is 1.03. The third-order valence-electron chi connectivity index (χ3n) is 2.55. The molecule has 1 unspecified atom stereocenters. The minimum atomic E-state index is -0.190. The van der Waals surface area contributed by atoms with E-state index in [1.54, 1.807) is 10.9 Å². The normalized spacial score (nSPS) is 13.3. The number of hydrogen-bond donors (Lipinski definition) is 1. The Kier molecular flexibility index (Phi) is 3.02. The van der Waals surface area contributed by atoms with Gasteiger partial charge in [-0.15, -0.1) is 5.10 Å². The van der Waals surface area contributed by atoms with Crippen LogP contribution in [0.2, 0.25) is 0 Å². The van der Waals surface area contributed by atoms with E-state index in [-0.39, 0.29) is 6.04 Å². The fourth-order valence-electron chi connectivity index (χ4n) is 1.64. The van der Waals surface area contributed by atoms with Crippen LogP contribution in [0.1, 0.15) is 42.1 Å². The van der Waals surface area contributed by atoms with E-state index >= 15 is 0 Å². The molecular formula is C10H15N5S. The molecule has 2 aromatic rings. The highest BCUT2D eigenvalue weighted by atomic mass is 32.1. The largest absolute Gasteiger partial charge is 0.318 e. The monoisotopic (exact) mass is 237 g/mol. The van der Waals surface area contributed by atoms with Crippen molar-refractivity contribution in [2.24, 2.45) is 12.8 Å². The van der Waals surface area contributed by atoms with Crippen LogP contribution < -0.4 is 5.73 Å². The van der Waals surface area contributed by atoms with Crippen molar-refractivity contribution in [3.8, 4) is 0 Å². The number of nitrogens with zero attached hydrogens (tertiary/aromatic N) is 4. The summed E-state index contributed by atoms with van der Waals surface area (Å²) in [6.07, 6.45) is 1.75. The predicted molar refractivity (Wildman–Crippen MR) is 63.2 cm³/mol. The number of aryl methyl sites for hydroxylation is 1. The summed E-state index contributed by atoms with van der Waals surface area (Å²) < 4.78 is 5.77. The summed E-state index contributed by atoms with van der Waals surface area (Å²) in [6, 6.07) is 1.74. The molecule has 0 aliphatic heterocycles. The van der Waals surface area contributed by atoms with Crippen molar-refractivity contribution in [3.63, 3.8) is 0 Å². The molecule has 0 fully saturated rings. The first-order valence-corrected chi connectivity index (χ1v) is 5.94. The maximum atomic E-state index is 6.21. The molecule has 0 bridgehead atoms. The quantitative estimate of drug-likeness (QED) is 0.877. The third-order valence-corrected chi connectivity index (χ3v) is 3.37. The van der Waals surface area contributed by atoms with Gasteiger partial charge < -0.3 is 5.73 Å². The van der Waals surface area contributed by atoms with Gasteiger partial charge in [0.05, 0.1) is 22.3 Å². The molecule has 0 aliphatic carbocycles. The third kappa shape index (κ3) is 1.85. The fourth-order valence-corrected chi connectivity index (χ4v) is 2.47. The average molecular weight is 237 g/mol. The minimum absolute atomic E-state index is 0.190. The summed E-state index contributed by atoms with van der Waals surface area (Å²) in [5.74, 6) is 0.341. The highest BCUT2D eigenvalue weighted by Crippen LogP contribution is 2.28. The van der Waals surface area contributed by atoms with E-state index < -0.39 is 0 Å². The van der Waals surface area contributed by atoms with Crippen molar-refractivity contribution in [2.45, 2.75) is 25.8 Å². The first-order chi connectivity index (χ1) is 7.61. The van der Waals surface area contributed by atoms with E-state index in [2.05, 4.69) is 28.5 Å². The molecule has 0 amide bonds. The van der Waals surface area contributed by atoms with E-state index in [0.29, 0.717) is 5.92 Å². The molecule has 2 N–H and O–H groups in total. The van der Waals surface area contributed by atoms with Crippen molar-refractivity contribution < 1.29 is 0 Å². The molecule has 86 valence electrons. The lowest BCUT2D eigenvalue weighted by atomic mass is 10.0. The lowest BCUT2D eigenvalue weighted by molar-refractivity contribution is 0.668. The molecule has 2 rings (SSSR count). The lowest BCUT2D eigenvalue weighted by Gasteiger charge is -2.12. The fraction of sp³-hybridized carbons (Fsp3) is 0.500. The van der Waals surface area contributed by atoms with Crippen molar-refractivity contribution in [1.29, 1.82) is 0 Å². The van der Waals surface area contributed by atoms with Crippen LogP contribution in [-0.4, -0.2) is 19.4 Å². The van der Waals surface area contributed by atoms with Crippen molar-refractivity contribution >= 4 is 11.5 Å². The van der Waals surface area contributed by atoms with E-state index in [1.807, 2.05) is 13.1 Å². The first kappa shape index (κ1) is 11.2. The average Bonchev–Trinajstić information content (AvgIpc) is 2.84. The molecule has 0 saturated carbocycles. The van der Waals surface area contributed by atoms with Crippen LogP contribution in [-0.2, 0) is 7.05 Å². The van der Waals surface area contributed by atoms with Gasteiger partial charge >= 0.3 is 0 Å². The van der Waals surface area contributed by atoms with Gasteiger partial charge in [0.2, 0.25) is 0 Å². The van der Waals surface area contributed by atoms with E-state index in [0.717, 1.165) is 16.3 Å². The Morgan fingerprint density at radius 2 is 2.19 bits per heavy atom. The molecule has 0 aromatic carbocycles. The lowest BCUT2D eigenvalue weighted by Crippen LogP contribution is -2.16.